The maximum absolute atomic E-state index is 11.8. The Hall–Kier alpha value is -1.39. The molecule has 2 rings (SSSR count). The van der Waals surface area contributed by atoms with Crippen LogP contribution in [0.1, 0.15) is 11.1 Å². The van der Waals surface area contributed by atoms with E-state index >= 15 is 0 Å². The molecule has 1 aliphatic heterocycles. The largest absolute Gasteiger partial charge is 0.378 e. The molecule has 4 nitrogen and oxygen atoms in total. The van der Waals surface area contributed by atoms with Gasteiger partial charge in [0.25, 0.3) is 0 Å². The van der Waals surface area contributed by atoms with Gasteiger partial charge >= 0.3 is 0 Å². The molecule has 0 aliphatic carbocycles. The molecule has 1 aromatic rings. The minimum absolute atomic E-state index is 0.0308. The van der Waals surface area contributed by atoms with Gasteiger partial charge in [-0.05, 0) is 24.5 Å². The third-order valence-corrected chi connectivity index (χ3v) is 3.19. The fraction of sp³-hybridized carbons (Fsp3) is 0.500. The molecule has 1 heterocycles. The molecule has 1 amide bonds. The highest BCUT2D eigenvalue weighted by Gasteiger charge is 2.20. The Morgan fingerprint density at radius 3 is 3.06 bits per heavy atom. The first-order valence-electron chi connectivity index (χ1n) is 6.41. The Bertz CT molecular complexity index is 401. The van der Waals surface area contributed by atoms with Crippen molar-refractivity contribution >= 4 is 5.91 Å². The Labute approximate surface area is 108 Å². The predicted octanol–water partition coefficient (Wildman–Crippen LogP) is 0.642. The van der Waals surface area contributed by atoms with Gasteiger partial charge < -0.3 is 15.4 Å². The summed E-state index contributed by atoms with van der Waals surface area (Å²) in [4.78, 5) is 11.8. The van der Waals surface area contributed by atoms with E-state index in [4.69, 9.17) is 4.74 Å². The van der Waals surface area contributed by atoms with Gasteiger partial charge in [0.15, 0.2) is 0 Å². The van der Waals surface area contributed by atoms with E-state index < -0.39 is 0 Å². The lowest BCUT2D eigenvalue weighted by Gasteiger charge is -2.22. The Morgan fingerprint density at radius 2 is 2.33 bits per heavy atom. The van der Waals surface area contributed by atoms with E-state index in [1.807, 2.05) is 12.1 Å². The molecule has 1 aliphatic rings. The lowest BCUT2D eigenvalue weighted by atomic mass is 10.1. The van der Waals surface area contributed by atoms with Crippen LogP contribution < -0.4 is 10.6 Å². The van der Waals surface area contributed by atoms with E-state index in [9.17, 15) is 4.79 Å². The van der Waals surface area contributed by atoms with Crippen LogP contribution >= 0.6 is 0 Å². The first kappa shape index (κ1) is 13.1. The molecule has 1 atom stereocenters. The topological polar surface area (TPSA) is 50.4 Å². The number of amides is 1. The van der Waals surface area contributed by atoms with Crippen LogP contribution in [0.4, 0.5) is 0 Å². The summed E-state index contributed by atoms with van der Waals surface area (Å²) in [6.45, 7) is 4.66. The van der Waals surface area contributed by atoms with Gasteiger partial charge in [0.2, 0.25) is 5.91 Å². The number of rotatable bonds is 4. The summed E-state index contributed by atoms with van der Waals surface area (Å²) in [6, 6.07) is 8.05. The van der Waals surface area contributed by atoms with Gasteiger partial charge in [0, 0.05) is 13.1 Å². The summed E-state index contributed by atoms with van der Waals surface area (Å²) in [5.41, 5.74) is 2.55. The standard InChI is InChI=1S/C14H20N2O2/c1-11-4-2-3-5-12(11)6-7-16-14(17)13-10-18-9-8-15-13/h2-5,13,15H,6-10H2,1H3,(H,16,17). The molecule has 1 fully saturated rings. The van der Waals surface area contributed by atoms with Crippen molar-refractivity contribution in [3.8, 4) is 0 Å². The van der Waals surface area contributed by atoms with Crippen molar-refractivity contribution in [2.75, 3.05) is 26.3 Å². The molecule has 98 valence electrons. The Morgan fingerprint density at radius 1 is 1.50 bits per heavy atom. The normalized spacial score (nSPS) is 19.5. The Kier molecular flexibility index (Phi) is 4.73. The highest BCUT2D eigenvalue weighted by atomic mass is 16.5. The van der Waals surface area contributed by atoms with Gasteiger partial charge in [-0.1, -0.05) is 24.3 Å². The quantitative estimate of drug-likeness (QED) is 0.822. The van der Waals surface area contributed by atoms with Crippen LogP contribution in [0.25, 0.3) is 0 Å². The van der Waals surface area contributed by atoms with E-state index in [1.165, 1.54) is 11.1 Å². The smallest absolute Gasteiger partial charge is 0.239 e. The van der Waals surface area contributed by atoms with Crippen molar-refractivity contribution in [1.29, 1.82) is 0 Å². The zero-order valence-corrected chi connectivity index (χ0v) is 10.7. The number of hydrogen-bond donors (Lipinski definition) is 2. The monoisotopic (exact) mass is 248 g/mol. The Balaban J connectivity index is 1.75. The van der Waals surface area contributed by atoms with Crippen LogP contribution in [0, 0.1) is 6.92 Å². The van der Waals surface area contributed by atoms with Crippen LogP contribution in [0.15, 0.2) is 24.3 Å². The first-order chi connectivity index (χ1) is 8.77. The number of nitrogens with one attached hydrogen (secondary N) is 2. The number of hydrogen-bond acceptors (Lipinski definition) is 3. The van der Waals surface area contributed by atoms with Crippen LogP contribution in [-0.4, -0.2) is 38.3 Å². The molecule has 0 saturated carbocycles. The maximum atomic E-state index is 11.8. The van der Waals surface area contributed by atoms with Gasteiger partial charge in [0.1, 0.15) is 6.04 Å². The van der Waals surface area contributed by atoms with Crippen molar-refractivity contribution in [2.45, 2.75) is 19.4 Å². The van der Waals surface area contributed by atoms with E-state index in [0.29, 0.717) is 19.8 Å². The summed E-state index contributed by atoms with van der Waals surface area (Å²) in [5, 5.41) is 6.09. The number of morpholine rings is 1. The lowest BCUT2D eigenvalue weighted by Crippen LogP contribution is -2.51. The molecule has 0 aromatic heterocycles. The molecule has 1 unspecified atom stereocenters. The number of carbonyl (C=O) groups is 1. The zero-order chi connectivity index (χ0) is 12.8. The van der Waals surface area contributed by atoms with Crippen molar-refractivity contribution in [3.63, 3.8) is 0 Å². The minimum Gasteiger partial charge on any atom is -0.378 e. The van der Waals surface area contributed by atoms with Crippen LogP contribution in [-0.2, 0) is 16.0 Å². The number of benzene rings is 1. The second-order valence-electron chi connectivity index (χ2n) is 4.55. The molecule has 1 aromatic carbocycles. The van der Waals surface area contributed by atoms with Gasteiger partial charge in [-0.15, -0.1) is 0 Å². The molecular formula is C14H20N2O2. The van der Waals surface area contributed by atoms with Gasteiger partial charge in [-0.25, -0.2) is 0 Å². The second-order valence-corrected chi connectivity index (χ2v) is 4.55. The maximum Gasteiger partial charge on any atom is 0.239 e. The summed E-state index contributed by atoms with van der Waals surface area (Å²) in [6.07, 6.45) is 0.867. The zero-order valence-electron chi connectivity index (χ0n) is 10.7. The molecule has 0 bridgehead atoms. The first-order valence-corrected chi connectivity index (χ1v) is 6.41. The number of aryl methyl sites for hydroxylation is 1. The van der Waals surface area contributed by atoms with Crippen molar-refractivity contribution in [1.82, 2.24) is 10.6 Å². The molecule has 1 saturated heterocycles. The average molecular weight is 248 g/mol. The van der Waals surface area contributed by atoms with E-state index in [-0.39, 0.29) is 11.9 Å². The fourth-order valence-electron chi connectivity index (χ4n) is 2.07. The predicted molar refractivity (Wildman–Crippen MR) is 70.5 cm³/mol. The summed E-state index contributed by atoms with van der Waals surface area (Å²) in [7, 11) is 0. The highest BCUT2D eigenvalue weighted by molar-refractivity contribution is 5.81. The van der Waals surface area contributed by atoms with Crippen LogP contribution in [0.3, 0.4) is 0 Å². The molecule has 4 heteroatoms. The van der Waals surface area contributed by atoms with Crippen molar-refractivity contribution in [3.05, 3.63) is 35.4 Å². The van der Waals surface area contributed by atoms with E-state index in [0.717, 1.165) is 13.0 Å². The molecule has 0 radical (unpaired) electrons. The lowest BCUT2D eigenvalue weighted by molar-refractivity contribution is -0.125. The number of ether oxygens (including phenoxy) is 1. The SMILES string of the molecule is Cc1ccccc1CCNC(=O)C1COCCN1. The highest BCUT2D eigenvalue weighted by Crippen LogP contribution is 2.06. The molecular weight excluding hydrogens is 228 g/mol. The fourth-order valence-corrected chi connectivity index (χ4v) is 2.07. The van der Waals surface area contributed by atoms with Gasteiger partial charge in [-0.3, -0.25) is 4.79 Å². The molecule has 0 spiro atoms. The van der Waals surface area contributed by atoms with Crippen LogP contribution in [0.2, 0.25) is 0 Å². The van der Waals surface area contributed by atoms with E-state index in [2.05, 4.69) is 29.7 Å². The van der Waals surface area contributed by atoms with Crippen molar-refractivity contribution in [2.24, 2.45) is 0 Å². The summed E-state index contributed by atoms with van der Waals surface area (Å²) in [5.74, 6) is 0.0308. The second kappa shape index (κ2) is 6.52. The summed E-state index contributed by atoms with van der Waals surface area (Å²) >= 11 is 0. The summed E-state index contributed by atoms with van der Waals surface area (Å²) < 4.78 is 5.26. The molecule has 18 heavy (non-hydrogen) atoms. The van der Waals surface area contributed by atoms with Gasteiger partial charge in [0.05, 0.1) is 13.2 Å². The third-order valence-electron chi connectivity index (χ3n) is 3.19. The van der Waals surface area contributed by atoms with Crippen molar-refractivity contribution < 1.29 is 9.53 Å². The number of carbonyl (C=O) groups excluding carboxylic acids is 1. The van der Waals surface area contributed by atoms with Gasteiger partial charge in [-0.2, -0.15) is 0 Å². The minimum atomic E-state index is -0.198. The molecule has 2 N–H and O–H groups in total. The third kappa shape index (κ3) is 3.55. The average Bonchev–Trinajstić information content (AvgIpc) is 2.42. The van der Waals surface area contributed by atoms with E-state index in [1.54, 1.807) is 0 Å². The van der Waals surface area contributed by atoms with Crippen LogP contribution in [0.5, 0.6) is 0 Å².